The van der Waals surface area contributed by atoms with E-state index in [1.807, 2.05) is 55.5 Å². The normalized spacial score (nSPS) is 18.6. The molecule has 4 aromatic carbocycles. The van der Waals surface area contributed by atoms with Crippen molar-refractivity contribution in [1.29, 1.82) is 0 Å². The summed E-state index contributed by atoms with van der Waals surface area (Å²) in [5.41, 5.74) is 11.0. The maximum absolute atomic E-state index is 17.7. The number of hydrogen-bond donors (Lipinski definition) is 4. The summed E-state index contributed by atoms with van der Waals surface area (Å²) >= 11 is 0. The molecule has 2 amide bonds. The quantitative estimate of drug-likeness (QED) is 0.156. The number of nitrogens with two attached hydrogens (primary N) is 2. The summed E-state index contributed by atoms with van der Waals surface area (Å²) in [4.78, 5) is 33.5. The van der Waals surface area contributed by atoms with E-state index in [1.54, 1.807) is 66.4 Å². The number of carbonyl (C=O) groups excluding carboxylic acids is 2. The second kappa shape index (κ2) is 13.9. The van der Waals surface area contributed by atoms with Crippen LogP contribution in [0.25, 0.3) is 10.8 Å². The molecule has 6 N–H and O–H groups in total. The van der Waals surface area contributed by atoms with Gasteiger partial charge < -0.3 is 21.7 Å². The Balaban J connectivity index is 1.43. The van der Waals surface area contributed by atoms with Crippen molar-refractivity contribution in [2.45, 2.75) is 56.5 Å². The number of fused-ring (bicyclic) bond motifs is 1. The first-order valence-electron chi connectivity index (χ1n) is 15.4. The molecule has 0 spiro atoms. The van der Waals surface area contributed by atoms with Crippen LogP contribution in [0, 0.1) is 0 Å². The molecule has 0 radical (unpaired) electrons. The van der Waals surface area contributed by atoms with E-state index in [2.05, 4.69) is 15.6 Å². The minimum atomic E-state index is -2.00. The highest BCUT2D eigenvalue weighted by atomic mass is 19.1. The predicted molar refractivity (Wildman–Crippen MR) is 177 cm³/mol. The average Bonchev–Trinajstić information content (AvgIpc) is 3.24. The van der Waals surface area contributed by atoms with Crippen molar-refractivity contribution in [2.24, 2.45) is 16.5 Å². The summed E-state index contributed by atoms with van der Waals surface area (Å²) in [6.07, 6.45) is 0.945. The van der Waals surface area contributed by atoms with Gasteiger partial charge in [-0.2, -0.15) is 0 Å². The summed E-state index contributed by atoms with van der Waals surface area (Å²) < 4.78 is 17.7. The van der Waals surface area contributed by atoms with Gasteiger partial charge in [-0.3, -0.25) is 14.9 Å². The second-order valence-corrected chi connectivity index (χ2v) is 11.6. The van der Waals surface area contributed by atoms with Crippen LogP contribution < -0.4 is 22.1 Å². The zero-order chi connectivity index (χ0) is 32.0. The van der Waals surface area contributed by atoms with Crippen molar-refractivity contribution in [3.63, 3.8) is 0 Å². The van der Waals surface area contributed by atoms with Crippen LogP contribution in [0.2, 0.25) is 0 Å². The number of alkyl halides is 1. The van der Waals surface area contributed by atoms with Crippen molar-refractivity contribution < 1.29 is 14.0 Å². The van der Waals surface area contributed by atoms with Gasteiger partial charge in [0.2, 0.25) is 5.91 Å². The number of nitrogens with zero attached hydrogens (tertiary/aromatic N) is 2. The standard InChI is InChI=1S/C36H41FN6O2/c1-3-31(42-35(38)39)32-34(45)43(24(2)36(37,28-14-6-4-7-15-28)29-16-8-5-9-17-29)21-20-30(41-32)23-40-33(44)27-19-18-25-12-10-11-13-26(25)22-27/h4-19,22,24,30-32,41H,3,20-21,23H2,1-2H3,(H,40,44)(H4,38,39,42)/t24-,30+,31?,32+/m1/s1. The molecule has 1 fully saturated rings. The van der Waals surface area contributed by atoms with Gasteiger partial charge in [0.25, 0.3) is 5.91 Å². The fourth-order valence-electron chi connectivity index (χ4n) is 6.28. The van der Waals surface area contributed by atoms with E-state index in [0.29, 0.717) is 29.5 Å². The lowest BCUT2D eigenvalue weighted by Gasteiger charge is -2.41. The van der Waals surface area contributed by atoms with Gasteiger partial charge in [-0.1, -0.05) is 97.9 Å². The highest BCUT2D eigenvalue weighted by molar-refractivity contribution is 5.98. The molecule has 8 nitrogen and oxygen atoms in total. The minimum absolute atomic E-state index is 0.130. The fourth-order valence-corrected chi connectivity index (χ4v) is 6.28. The van der Waals surface area contributed by atoms with Crippen LogP contribution in [-0.2, 0) is 10.5 Å². The predicted octanol–water partition coefficient (Wildman–Crippen LogP) is 4.48. The van der Waals surface area contributed by atoms with Crippen molar-refractivity contribution in [3.8, 4) is 0 Å². The summed E-state index contributed by atoms with van der Waals surface area (Å²) in [7, 11) is 0. The number of rotatable bonds is 10. The number of guanidine groups is 1. The van der Waals surface area contributed by atoms with Gasteiger partial charge >= 0.3 is 0 Å². The van der Waals surface area contributed by atoms with E-state index >= 15 is 4.39 Å². The first-order valence-corrected chi connectivity index (χ1v) is 15.4. The Hall–Kier alpha value is -4.76. The van der Waals surface area contributed by atoms with Crippen molar-refractivity contribution in [1.82, 2.24) is 15.5 Å². The number of aliphatic imine (C=N–C) groups is 1. The van der Waals surface area contributed by atoms with Gasteiger partial charge in [0.05, 0.1) is 12.1 Å². The van der Waals surface area contributed by atoms with Gasteiger partial charge in [0, 0.05) is 24.7 Å². The maximum atomic E-state index is 17.7. The van der Waals surface area contributed by atoms with Gasteiger partial charge in [-0.15, -0.1) is 0 Å². The molecule has 4 aromatic rings. The summed E-state index contributed by atoms with van der Waals surface area (Å²) in [6.45, 7) is 4.17. The molecule has 5 rings (SSSR count). The Morgan fingerprint density at radius 1 is 0.978 bits per heavy atom. The molecule has 0 aliphatic carbocycles. The monoisotopic (exact) mass is 608 g/mol. The van der Waals surface area contributed by atoms with E-state index in [0.717, 1.165) is 10.8 Å². The largest absolute Gasteiger partial charge is 0.370 e. The van der Waals surface area contributed by atoms with E-state index in [-0.39, 0.29) is 36.9 Å². The van der Waals surface area contributed by atoms with Crippen LogP contribution in [0.5, 0.6) is 0 Å². The molecular weight excluding hydrogens is 567 g/mol. The number of amides is 2. The zero-order valence-corrected chi connectivity index (χ0v) is 25.7. The lowest BCUT2D eigenvalue weighted by Crippen LogP contribution is -2.57. The number of benzene rings is 4. The molecule has 1 aliphatic rings. The maximum Gasteiger partial charge on any atom is 0.251 e. The number of hydrogen-bond acceptors (Lipinski definition) is 4. The molecule has 0 aromatic heterocycles. The van der Waals surface area contributed by atoms with E-state index < -0.39 is 23.8 Å². The van der Waals surface area contributed by atoms with E-state index in [1.165, 1.54) is 0 Å². The van der Waals surface area contributed by atoms with Gasteiger partial charge in [-0.05, 0) is 53.8 Å². The van der Waals surface area contributed by atoms with E-state index in [9.17, 15) is 9.59 Å². The van der Waals surface area contributed by atoms with E-state index in [4.69, 9.17) is 11.5 Å². The Morgan fingerprint density at radius 3 is 2.18 bits per heavy atom. The number of halogens is 1. The molecule has 1 saturated heterocycles. The third-order valence-corrected chi connectivity index (χ3v) is 8.75. The molecule has 0 bridgehead atoms. The third kappa shape index (κ3) is 6.83. The molecule has 234 valence electrons. The van der Waals surface area contributed by atoms with Crippen molar-refractivity contribution >= 4 is 28.5 Å². The first-order chi connectivity index (χ1) is 21.7. The molecule has 1 heterocycles. The summed E-state index contributed by atoms with van der Waals surface area (Å²) in [5, 5.41) is 8.48. The highest BCUT2D eigenvalue weighted by Gasteiger charge is 2.47. The lowest BCUT2D eigenvalue weighted by molar-refractivity contribution is -0.138. The van der Waals surface area contributed by atoms with Gasteiger partial charge in [0.1, 0.15) is 6.04 Å². The Morgan fingerprint density at radius 2 is 1.58 bits per heavy atom. The van der Waals surface area contributed by atoms with Crippen molar-refractivity contribution in [2.75, 3.05) is 13.1 Å². The topological polar surface area (TPSA) is 126 Å². The van der Waals surface area contributed by atoms with Crippen molar-refractivity contribution in [3.05, 3.63) is 120 Å². The minimum Gasteiger partial charge on any atom is -0.370 e. The second-order valence-electron chi connectivity index (χ2n) is 11.6. The Kier molecular flexibility index (Phi) is 9.78. The smallest absolute Gasteiger partial charge is 0.251 e. The molecule has 0 saturated carbocycles. The van der Waals surface area contributed by atoms with Crippen LogP contribution in [0.1, 0.15) is 48.2 Å². The molecule has 4 atom stereocenters. The Bertz CT molecular complexity index is 1600. The summed E-state index contributed by atoms with van der Waals surface area (Å²) in [5.74, 6) is -0.640. The SMILES string of the molecule is CCC(N=C(N)N)[C@@H]1N[C@H](CNC(=O)c2ccc3ccccc3c2)CCN([C@H](C)C(F)(c2ccccc2)c2ccccc2)C1=O. The van der Waals surface area contributed by atoms with Gasteiger partial charge in [-0.25, -0.2) is 9.38 Å². The highest BCUT2D eigenvalue weighted by Crippen LogP contribution is 2.40. The van der Waals surface area contributed by atoms with Crippen LogP contribution in [0.3, 0.4) is 0 Å². The lowest BCUT2D eigenvalue weighted by atomic mass is 9.81. The summed E-state index contributed by atoms with van der Waals surface area (Å²) in [6, 6.07) is 28.7. The van der Waals surface area contributed by atoms with Crippen LogP contribution in [0.15, 0.2) is 108 Å². The fraction of sp³-hybridized carbons (Fsp3) is 0.306. The zero-order valence-electron chi connectivity index (χ0n) is 25.7. The molecule has 1 aliphatic heterocycles. The number of carbonyl (C=O) groups is 2. The number of nitrogens with one attached hydrogen (secondary N) is 2. The average molecular weight is 609 g/mol. The molecule has 45 heavy (non-hydrogen) atoms. The van der Waals surface area contributed by atoms with Crippen LogP contribution in [-0.4, -0.2) is 59.9 Å². The molecule has 1 unspecified atom stereocenters. The molecule has 9 heteroatoms. The molecular formula is C36H41FN6O2. The van der Waals surface area contributed by atoms with Crippen LogP contribution in [0.4, 0.5) is 4.39 Å². The first kappa shape index (κ1) is 31.7. The third-order valence-electron chi connectivity index (χ3n) is 8.75. The Labute approximate surface area is 263 Å². The van der Waals surface area contributed by atoms with Crippen LogP contribution >= 0.6 is 0 Å². The van der Waals surface area contributed by atoms with Gasteiger partial charge in [0.15, 0.2) is 11.6 Å².